The standard InChI is InChI=1S/C17H23FN2O2/c1-20-11-6-7-12(20)9-13(8-11)22-17(21)15(10-19)14-4-2-3-5-16(14)18/h2-5,11-13,15H,6-10,19H2,1H3. The third kappa shape index (κ3) is 2.88. The molecule has 1 aromatic rings. The van der Waals surface area contributed by atoms with Crippen LogP contribution in [0.3, 0.4) is 0 Å². The second kappa shape index (κ2) is 6.34. The number of carbonyl (C=O) groups is 1. The van der Waals surface area contributed by atoms with E-state index in [9.17, 15) is 9.18 Å². The van der Waals surface area contributed by atoms with Crippen LogP contribution in [0.4, 0.5) is 4.39 Å². The molecular weight excluding hydrogens is 283 g/mol. The zero-order chi connectivity index (χ0) is 15.7. The van der Waals surface area contributed by atoms with Crippen LogP contribution in [0, 0.1) is 5.82 Å². The van der Waals surface area contributed by atoms with Crippen molar-refractivity contribution in [1.82, 2.24) is 4.90 Å². The number of benzene rings is 1. The van der Waals surface area contributed by atoms with Crippen molar-refractivity contribution in [1.29, 1.82) is 0 Å². The molecule has 2 N–H and O–H groups in total. The number of hydrogen-bond acceptors (Lipinski definition) is 4. The average molecular weight is 306 g/mol. The molecule has 2 fully saturated rings. The van der Waals surface area contributed by atoms with Crippen LogP contribution in [0.1, 0.15) is 37.2 Å². The number of carbonyl (C=O) groups excluding carboxylic acids is 1. The topological polar surface area (TPSA) is 55.6 Å². The smallest absolute Gasteiger partial charge is 0.315 e. The normalized spacial score (nSPS) is 29.3. The number of nitrogens with zero attached hydrogens (tertiary/aromatic N) is 1. The molecule has 1 aromatic carbocycles. The average Bonchev–Trinajstić information content (AvgIpc) is 2.72. The van der Waals surface area contributed by atoms with Gasteiger partial charge in [-0.05, 0) is 38.8 Å². The molecule has 0 saturated carbocycles. The third-order valence-electron chi connectivity index (χ3n) is 5.14. The maximum Gasteiger partial charge on any atom is 0.315 e. The van der Waals surface area contributed by atoms with Gasteiger partial charge in [-0.1, -0.05) is 18.2 Å². The van der Waals surface area contributed by atoms with Crippen LogP contribution in [-0.2, 0) is 9.53 Å². The summed E-state index contributed by atoms with van der Waals surface area (Å²) in [6.07, 6.45) is 4.01. The molecule has 4 nitrogen and oxygen atoms in total. The molecule has 2 heterocycles. The van der Waals surface area contributed by atoms with E-state index in [1.807, 2.05) is 0 Å². The largest absolute Gasteiger partial charge is 0.462 e. The van der Waals surface area contributed by atoms with Crippen LogP contribution in [0.2, 0.25) is 0 Å². The van der Waals surface area contributed by atoms with Crippen LogP contribution in [0.15, 0.2) is 24.3 Å². The van der Waals surface area contributed by atoms with Gasteiger partial charge in [0, 0.05) is 24.2 Å². The minimum Gasteiger partial charge on any atom is -0.462 e. The zero-order valence-electron chi connectivity index (χ0n) is 12.9. The highest BCUT2D eigenvalue weighted by atomic mass is 19.1. The fraction of sp³-hybridized carbons (Fsp3) is 0.588. The van der Waals surface area contributed by atoms with Crippen molar-refractivity contribution in [3.8, 4) is 0 Å². The molecule has 2 saturated heterocycles. The predicted molar refractivity (Wildman–Crippen MR) is 81.9 cm³/mol. The second-order valence-corrected chi connectivity index (χ2v) is 6.39. The Kier molecular flexibility index (Phi) is 4.45. The molecule has 3 unspecified atom stereocenters. The zero-order valence-corrected chi connectivity index (χ0v) is 12.9. The number of hydrogen-bond donors (Lipinski definition) is 1. The Balaban J connectivity index is 1.67. The van der Waals surface area contributed by atoms with Gasteiger partial charge in [0.25, 0.3) is 0 Å². The van der Waals surface area contributed by atoms with Crippen LogP contribution in [0.5, 0.6) is 0 Å². The van der Waals surface area contributed by atoms with Crippen LogP contribution >= 0.6 is 0 Å². The van der Waals surface area contributed by atoms with E-state index in [0.717, 1.165) is 12.8 Å². The Morgan fingerprint density at radius 3 is 2.59 bits per heavy atom. The summed E-state index contributed by atoms with van der Waals surface area (Å²) in [6, 6.07) is 7.27. The van der Waals surface area contributed by atoms with Gasteiger partial charge in [-0.3, -0.25) is 4.79 Å². The number of ether oxygens (including phenoxy) is 1. The van der Waals surface area contributed by atoms with E-state index in [4.69, 9.17) is 10.5 Å². The fourth-order valence-corrected chi connectivity index (χ4v) is 3.81. The van der Waals surface area contributed by atoms with Gasteiger partial charge in [-0.2, -0.15) is 0 Å². The third-order valence-corrected chi connectivity index (χ3v) is 5.14. The SMILES string of the molecule is CN1C2CCC1CC(OC(=O)C(CN)c1ccccc1F)C2. The van der Waals surface area contributed by atoms with Crippen molar-refractivity contribution in [3.63, 3.8) is 0 Å². The summed E-state index contributed by atoms with van der Waals surface area (Å²) in [5.74, 6) is -1.53. The molecule has 0 spiro atoms. The highest BCUT2D eigenvalue weighted by Crippen LogP contribution is 2.36. The second-order valence-electron chi connectivity index (χ2n) is 6.39. The lowest BCUT2D eigenvalue weighted by atomic mass is 9.97. The van der Waals surface area contributed by atoms with Gasteiger partial charge in [0.2, 0.25) is 0 Å². The molecule has 0 aliphatic carbocycles. The predicted octanol–water partition coefficient (Wildman–Crippen LogP) is 2.04. The van der Waals surface area contributed by atoms with Gasteiger partial charge in [-0.25, -0.2) is 4.39 Å². The maximum atomic E-state index is 13.9. The van der Waals surface area contributed by atoms with E-state index in [1.54, 1.807) is 18.2 Å². The highest BCUT2D eigenvalue weighted by molar-refractivity contribution is 5.78. The first-order valence-electron chi connectivity index (χ1n) is 7.97. The van der Waals surface area contributed by atoms with Gasteiger partial charge in [-0.15, -0.1) is 0 Å². The lowest BCUT2D eigenvalue weighted by Crippen LogP contribution is -2.44. The molecule has 0 radical (unpaired) electrons. The van der Waals surface area contributed by atoms with Crippen molar-refractivity contribution in [3.05, 3.63) is 35.6 Å². The number of nitrogens with two attached hydrogens (primary N) is 1. The van der Waals surface area contributed by atoms with Gasteiger partial charge in [0.15, 0.2) is 0 Å². The summed E-state index contributed by atoms with van der Waals surface area (Å²) in [5.41, 5.74) is 6.02. The van der Waals surface area contributed by atoms with Crippen LogP contribution in [0.25, 0.3) is 0 Å². The van der Waals surface area contributed by atoms with Crippen molar-refractivity contribution < 1.29 is 13.9 Å². The summed E-state index contributed by atoms with van der Waals surface area (Å²) in [7, 11) is 2.14. The summed E-state index contributed by atoms with van der Waals surface area (Å²) in [5, 5.41) is 0. The Morgan fingerprint density at radius 2 is 2.00 bits per heavy atom. The van der Waals surface area contributed by atoms with E-state index in [2.05, 4.69) is 11.9 Å². The summed E-state index contributed by atoms with van der Waals surface area (Å²) >= 11 is 0. The van der Waals surface area contributed by atoms with Crippen molar-refractivity contribution in [2.75, 3.05) is 13.6 Å². The lowest BCUT2D eigenvalue weighted by molar-refractivity contribution is -0.154. The molecule has 3 atom stereocenters. The monoisotopic (exact) mass is 306 g/mol. The number of halogens is 1. The van der Waals surface area contributed by atoms with Crippen LogP contribution in [-0.4, -0.2) is 42.6 Å². The minimum atomic E-state index is -0.724. The molecule has 2 bridgehead atoms. The Bertz CT molecular complexity index is 537. The maximum absolute atomic E-state index is 13.9. The molecule has 0 aromatic heterocycles. The molecule has 2 aliphatic rings. The van der Waals surface area contributed by atoms with E-state index >= 15 is 0 Å². The first kappa shape index (κ1) is 15.4. The Morgan fingerprint density at radius 1 is 1.36 bits per heavy atom. The lowest BCUT2D eigenvalue weighted by Gasteiger charge is -2.36. The first-order chi connectivity index (χ1) is 10.6. The first-order valence-corrected chi connectivity index (χ1v) is 7.97. The number of fused-ring (bicyclic) bond motifs is 2. The molecule has 2 aliphatic heterocycles. The van der Waals surface area contributed by atoms with Gasteiger partial charge < -0.3 is 15.4 Å². The molecule has 22 heavy (non-hydrogen) atoms. The van der Waals surface area contributed by atoms with Crippen molar-refractivity contribution >= 4 is 5.97 Å². The quantitative estimate of drug-likeness (QED) is 0.865. The number of esters is 1. The molecular formula is C17H23FN2O2. The van der Waals surface area contributed by atoms with Crippen molar-refractivity contribution in [2.45, 2.75) is 49.8 Å². The number of piperidine rings is 1. The van der Waals surface area contributed by atoms with Crippen LogP contribution < -0.4 is 5.73 Å². The Labute approximate surface area is 130 Å². The summed E-state index contributed by atoms with van der Waals surface area (Å²) in [6.45, 7) is 0.0548. The highest BCUT2D eigenvalue weighted by Gasteiger charge is 2.40. The van der Waals surface area contributed by atoms with E-state index < -0.39 is 17.7 Å². The fourth-order valence-electron chi connectivity index (χ4n) is 3.81. The van der Waals surface area contributed by atoms with Gasteiger partial charge in [0.1, 0.15) is 11.9 Å². The Hall–Kier alpha value is -1.46. The molecule has 3 rings (SSSR count). The van der Waals surface area contributed by atoms with E-state index in [1.165, 1.54) is 18.9 Å². The molecule has 120 valence electrons. The van der Waals surface area contributed by atoms with E-state index in [-0.39, 0.29) is 12.6 Å². The van der Waals surface area contributed by atoms with Gasteiger partial charge in [0.05, 0.1) is 5.92 Å². The minimum absolute atomic E-state index is 0.0548. The summed E-state index contributed by atoms with van der Waals surface area (Å²) < 4.78 is 19.6. The summed E-state index contributed by atoms with van der Waals surface area (Å²) in [4.78, 5) is 14.8. The van der Waals surface area contributed by atoms with Crippen molar-refractivity contribution in [2.24, 2.45) is 5.73 Å². The van der Waals surface area contributed by atoms with Gasteiger partial charge >= 0.3 is 5.97 Å². The van der Waals surface area contributed by atoms with E-state index in [0.29, 0.717) is 17.6 Å². The molecule has 5 heteroatoms. The number of rotatable bonds is 4. The molecule has 0 amide bonds.